The van der Waals surface area contributed by atoms with E-state index in [9.17, 15) is 4.79 Å². The van der Waals surface area contributed by atoms with E-state index >= 15 is 0 Å². The highest BCUT2D eigenvalue weighted by Gasteiger charge is 2.29. The summed E-state index contributed by atoms with van der Waals surface area (Å²) in [6.45, 7) is 3.96. The van der Waals surface area contributed by atoms with Gasteiger partial charge in [0, 0.05) is 13.1 Å². The molecule has 2 rings (SSSR count). The number of likely N-dealkylation sites (tertiary alicyclic amines) is 1. The first-order valence-electron chi connectivity index (χ1n) is 6.52. The summed E-state index contributed by atoms with van der Waals surface area (Å²) in [6, 6.07) is 7.54. The molecule has 0 bridgehead atoms. The molecule has 2 atom stereocenters. The van der Waals surface area contributed by atoms with Crippen LogP contribution in [0.2, 0.25) is 0 Å². The van der Waals surface area contributed by atoms with E-state index in [1.165, 1.54) is 0 Å². The lowest BCUT2D eigenvalue weighted by Crippen LogP contribution is -2.39. The fourth-order valence-electron chi connectivity index (χ4n) is 2.26. The summed E-state index contributed by atoms with van der Waals surface area (Å²) in [5.41, 5.74) is 5.64. The maximum absolute atomic E-state index is 12.3. The Hall–Kier alpha value is -1.07. The lowest BCUT2D eigenvalue weighted by atomic mass is 10.1. The van der Waals surface area contributed by atoms with Crippen LogP contribution in [-0.2, 0) is 4.79 Å². The number of benzene rings is 1. The van der Waals surface area contributed by atoms with Crippen LogP contribution in [-0.4, -0.2) is 36.5 Å². The summed E-state index contributed by atoms with van der Waals surface area (Å²) in [7, 11) is 0. The topological polar surface area (TPSA) is 55.6 Å². The number of carbonyl (C=O) groups is 1. The molecule has 1 aliphatic heterocycles. The first-order valence-corrected chi connectivity index (χ1v) is 7.31. The van der Waals surface area contributed by atoms with Crippen LogP contribution >= 0.6 is 15.9 Å². The van der Waals surface area contributed by atoms with Crippen LogP contribution in [0.1, 0.15) is 13.3 Å². The molecule has 0 aliphatic carbocycles. The van der Waals surface area contributed by atoms with Crippen LogP contribution in [0.25, 0.3) is 0 Å². The summed E-state index contributed by atoms with van der Waals surface area (Å²) in [4.78, 5) is 14.1. The number of nitrogens with two attached hydrogens (primary N) is 1. The van der Waals surface area contributed by atoms with Crippen molar-refractivity contribution in [2.24, 2.45) is 11.7 Å². The van der Waals surface area contributed by atoms with Gasteiger partial charge in [-0.25, -0.2) is 0 Å². The minimum Gasteiger partial charge on any atom is -0.480 e. The summed E-state index contributed by atoms with van der Waals surface area (Å²) >= 11 is 3.41. The third kappa shape index (κ3) is 3.48. The molecule has 1 fully saturated rings. The molecule has 0 spiro atoms. The van der Waals surface area contributed by atoms with Crippen molar-refractivity contribution in [3.63, 3.8) is 0 Å². The van der Waals surface area contributed by atoms with E-state index < -0.39 is 6.10 Å². The number of halogens is 1. The summed E-state index contributed by atoms with van der Waals surface area (Å²) < 4.78 is 6.58. The Balaban J connectivity index is 1.95. The monoisotopic (exact) mass is 326 g/mol. The van der Waals surface area contributed by atoms with Gasteiger partial charge in [0.25, 0.3) is 5.91 Å². The van der Waals surface area contributed by atoms with E-state index in [4.69, 9.17) is 10.5 Å². The van der Waals surface area contributed by atoms with Crippen molar-refractivity contribution in [3.8, 4) is 5.75 Å². The minimum absolute atomic E-state index is 0.0340. The van der Waals surface area contributed by atoms with Gasteiger partial charge >= 0.3 is 0 Å². The Morgan fingerprint density at radius 1 is 1.58 bits per heavy atom. The highest BCUT2D eigenvalue weighted by atomic mass is 79.9. The number of hydrogen-bond donors (Lipinski definition) is 1. The molecule has 4 nitrogen and oxygen atoms in total. The van der Waals surface area contributed by atoms with Crippen molar-refractivity contribution in [3.05, 3.63) is 28.7 Å². The zero-order valence-corrected chi connectivity index (χ0v) is 12.6. The molecule has 0 aromatic heterocycles. The van der Waals surface area contributed by atoms with E-state index in [-0.39, 0.29) is 5.91 Å². The molecule has 1 aromatic rings. The van der Waals surface area contributed by atoms with Crippen molar-refractivity contribution in [2.75, 3.05) is 19.6 Å². The predicted molar refractivity (Wildman–Crippen MR) is 78.0 cm³/mol. The van der Waals surface area contributed by atoms with Gasteiger partial charge in [-0.2, -0.15) is 0 Å². The maximum atomic E-state index is 12.3. The normalized spacial score (nSPS) is 20.4. The molecule has 1 aliphatic rings. The SMILES string of the molecule is C[C@@H](Oc1ccccc1Br)C(=O)N1CC[C@@H](CN)C1. The zero-order valence-electron chi connectivity index (χ0n) is 11.0. The number of amides is 1. The van der Waals surface area contributed by atoms with Crippen molar-refractivity contribution < 1.29 is 9.53 Å². The molecule has 1 heterocycles. The van der Waals surface area contributed by atoms with Crippen LogP contribution in [0.5, 0.6) is 5.75 Å². The van der Waals surface area contributed by atoms with Crippen LogP contribution in [0.3, 0.4) is 0 Å². The van der Waals surface area contributed by atoms with Gasteiger partial charge in [-0.15, -0.1) is 0 Å². The van der Waals surface area contributed by atoms with Crippen molar-refractivity contribution in [1.82, 2.24) is 4.90 Å². The summed E-state index contributed by atoms with van der Waals surface area (Å²) in [5, 5.41) is 0. The van der Waals surface area contributed by atoms with E-state index in [1.54, 1.807) is 6.92 Å². The van der Waals surface area contributed by atoms with E-state index in [1.807, 2.05) is 29.2 Å². The second-order valence-electron chi connectivity index (χ2n) is 4.87. The number of rotatable bonds is 4. The molecule has 5 heteroatoms. The van der Waals surface area contributed by atoms with Gasteiger partial charge in [0.1, 0.15) is 5.75 Å². The lowest BCUT2D eigenvalue weighted by molar-refractivity contribution is -0.137. The molecule has 0 unspecified atom stereocenters. The fourth-order valence-corrected chi connectivity index (χ4v) is 2.64. The standard InChI is InChI=1S/C14H19BrN2O2/c1-10(19-13-5-3-2-4-12(13)15)14(18)17-7-6-11(8-16)9-17/h2-5,10-11H,6-9,16H2,1H3/t10-,11+/m1/s1. The van der Waals surface area contributed by atoms with Gasteiger partial charge in [-0.3, -0.25) is 4.79 Å². The molecule has 1 saturated heterocycles. The Labute approximate surface area is 122 Å². The molecule has 1 amide bonds. The van der Waals surface area contributed by atoms with E-state index in [2.05, 4.69) is 15.9 Å². The van der Waals surface area contributed by atoms with Crippen molar-refractivity contribution in [1.29, 1.82) is 0 Å². The second kappa shape index (κ2) is 6.39. The molecule has 0 radical (unpaired) electrons. The molecular weight excluding hydrogens is 308 g/mol. The Kier molecular flexibility index (Phi) is 4.82. The third-order valence-electron chi connectivity index (χ3n) is 3.42. The number of ether oxygens (including phenoxy) is 1. The number of carbonyl (C=O) groups excluding carboxylic acids is 1. The molecule has 19 heavy (non-hydrogen) atoms. The quantitative estimate of drug-likeness (QED) is 0.921. The molecule has 2 N–H and O–H groups in total. The summed E-state index contributed by atoms with van der Waals surface area (Å²) in [6.07, 6.45) is 0.513. The predicted octanol–water partition coefficient (Wildman–Crippen LogP) is 2.02. The van der Waals surface area contributed by atoms with Gasteiger partial charge in [-0.05, 0) is 53.9 Å². The van der Waals surface area contributed by atoms with Gasteiger partial charge < -0.3 is 15.4 Å². The summed E-state index contributed by atoms with van der Waals surface area (Å²) in [5.74, 6) is 1.16. The molecular formula is C14H19BrN2O2. The Morgan fingerprint density at radius 2 is 2.32 bits per heavy atom. The van der Waals surface area contributed by atoms with Crippen LogP contribution in [0.4, 0.5) is 0 Å². The number of para-hydroxylation sites is 1. The fraction of sp³-hybridized carbons (Fsp3) is 0.500. The van der Waals surface area contributed by atoms with Gasteiger partial charge in [0.05, 0.1) is 4.47 Å². The zero-order chi connectivity index (χ0) is 13.8. The minimum atomic E-state index is -0.477. The van der Waals surface area contributed by atoms with E-state index in [0.29, 0.717) is 18.2 Å². The van der Waals surface area contributed by atoms with Crippen LogP contribution in [0, 0.1) is 5.92 Å². The number of hydrogen-bond acceptors (Lipinski definition) is 3. The third-order valence-corrected chi connectivity index (χ3v) is 4.07. The molecule has 1 aromatic carbocycles. The highest BCUT2D eigenvalue weighted by molar-refractivity contribution is 9.10. The smallest absolute Gasteiger partial charge is 0.263 e. The van der Waals surface area contributed by atoms with Gasteiger partial charge in [0.2, 0.25) is 0 Å². The van der Waals surface area contributed by atoms with Crippen LogP contribution < -0.4 is 10.5 Å². The van der Waals surface area contributed by atoms with Crippen LogP contribution in [0.15, 0.2) is 28.7 Å². The number of nitrogens with zero attached hydrogens (tertiary/aromatic N) is 1. The first kappa shape index (κ1) is 14.3. The Bertz CT molecular complexity index is 453. The van der Waals surface area contributed by atoms with Crippen molar-refractivity contribution in [2.45, 2.75) is 19.4 Å². The lowest BCUT2D eigenvalue weighted by Gasteiger charge is -2.22. The average molecular weight is 327 g/mol. The maximum Gasteiger partial charge on any atom is 0.263 e. The van der Waals surface area contributed by atoms with Crippen molar-refractivity contribution >= 4 is 21.8 Å². The largest absolute Gasteiger partial charge is 0.480 e. The van der Waals surface area contributed by atoms with Gasteiger partial charge in [-0.1, -0.05) is 12.1 Å². The molecule has 104 valence electrons. The highest BCUT2D eigenvalue weighted by Crippen LogP contribution is 2.25. The first-order chi connectivity index (χ1) is 9.11. The van der Waals surface area contributed by atoms with Gasteiger partial charge in [0.15, 0.2) is 6.10 Å². The van der Waals surface area contributed by atoms with E-state index in [0.717, 1.165) is 24.0 Å². The Morgan fingerprint density at radius 3 is 2.95 bits per heavy atom. The average Bonchev–Trinajstić information content (AvgIpc) is 2.89. The molecule has 0 saturated carbocycles. The second-order valence-corrected chi connectivity index (χ2v) is 5.72.